The second-order valence-corrected chi connectivity index (χ2v) is 4.33. The summed E-state index contributed by atoms with van der Waals surface area (Å²) in [5.74, 6) is -1.31. The first kappa shape index (κ1) is 13.3. The molecule has 2 rings (SSSR count). The van der Waals surface area contributed by atoms with Gasteiger partial charge in [0.1, 0.15) is 17.2 Å². The van der Waals surface area contributed by atoms with Crippen LogP contribution < -0.4 is 5.32 Å². The summed E-state index contributed by atoms with van der Waals surface area (Å²) in [7, 11) is 0. The van der Waals surface area contributed by atoms with Gasteiger partial charge >= 0.3 is 5.97 Å². The van der Waals surface area contributed by atoms with Gasteiger partial charge in [-0.25, -0.2) is 19.2 Å². The van der Waals surface area contributed by atoms with Gasteiger partial charge in [-0.3, -0.25) is 0 Å². The maximum atomic E-state index is 12.8. The van der Waals surface area contributed by atoms with E-state index < -0.39 is 5.97 Å². The van der Waals surface area contributed by atoms with E-state index in [1.807, 2.05) is 0 Å². The molecule has 2 N–H and O–H groups in total. The van der Waals surface area contributed by atoms with Crippen LogP contribution in [0.2, 0.25) is 0 Å². The molecule has 1 aromatic heterocycles. The van der Waals surface area contributed by atoms with Gasteiger partial charge in [0.15, 0.2) is 5.16 Å². The number of nitrogens with zero attached hydrogens (tertiary/aromatic N) is 2. The molecular formula is C12H10FN3O2S. The maximum absolute atomic E-state index is 12.8. The first-order valence-electron chi connectivity index (χ1n) is 5.27. The van der Waals surface area contributed by atoms with Crippen molar-refractivity contribution in [1.82, 2.24) is 9.97 Å². The summed E-state index contributed by atoms with van der Waals surface area (Å²) in [6.45, 7) is 0. The number of carboxylic acids is 1. The molecule has 1 heterocycles. The van der Waals surface area contributed by atoms with Crippen molar-refractivity contribution in [3.8, 4) is 0 Å². The minimum Gasteiger partial charge on any atom is -0.477 e. The fourth-order valence-corrected chi connectivity index (χ4v) is 1.73. The zero-order valence-corrected chi connectivity index (χ0v) is 10.7. The lowest BCUT2D eigenvalue weighted by atomic mass is 10.2. The summed E-state index contributed by atoms with van der Waals surface area (Å²) in [6, 6.07) is 5.56. The van der Waals surface area contributed by atoms with E-state index in [2.05, 4.69) is 15.3 Å². The van der Waals surface area contributed by atoms with Crippen molar-refractivity contribution in [1.29, 1.82) is 0 Å². The van der Waals surface area contributed by atoms with Gasteiger partial charge in [0.25, 0.3) is 0 Å². The summed E-state index contributed by atoms with van der Waals surface area (Å²) in [5.41, 5.74) is 0.511. The molecule has 0 aliphatic heterocycles. The second-order valence-electron chi connectivity index (χ2n) is 3.56. The first-order valence-corrected chi connectivity index (χ1v) is 6.49. The summed E-state index contributed by atoms with van der Waals surface area (Å²) < 4.78 is 12.8. The summed E-state index contributed by atoms with van der Waals surface area (Å²) in [4.78, 5) is 19.1. The van der Waals surface area contributed by atoms with E-state index in [9.17, 15) is 9.18 Å². The number of carbonyl (C=O) groups is 1. The Labute approximate surface area is 112 Å². The molecule has 0 saturated carbocycles. The normalized spacial score (nSPS) is 10.2. The van der Waals surface area contributed by atoms with Crippen LogP contribution in [0.4, 0.5) is 15.9 Å². The van der Waals surface area contributed by atoms with E-state index in [4.69, 9.17) is 5.11 Å². The van der Waals surface area contributed by atoms with E-state index >= 15 is 0 Å². The standard InChI is InChI=1S/C12H10FN3O2S/c1-19-12-14-6-9(11(17)18)10(16-12)15-8-4-2-7(13)3-5-8/h2-6H,1H3,(H,17,18)(H,14,15,16). The Morgan fingerprint density at radius 2 is 2.05 bits per heavy atom. The second kappa shape index (κ2) is 5.66. The summed E-state index contributed by atoms with van der Waals surface area (Å²) in [6.07, 6.45) is 3.03. The number of halogens is 1. The van der Waals surface area contributed by atoms with Crippen LogP contribution >= 0.6 is 11.8 Å². The van der Waals surface area contributed by atoms with Crippen LogP contribution in [0.15, 0.2) is 35.6 Å². The monoisotopic (exact) mass is 279 g/mol. The van der Waals surface area contributed by atoms with Crippen molar-refractivity contribution < 1.29 is 14.3 Å². The first-order chi connectivity index (χ1) is 9.10. The number of aromatic nitrogens is 2. The Bertz CT molecular complexity index is 604. The molecule has 0 atom stereocenters. The number of anilines is 2. The molecule has 0 radical (unpaired) electrons. The minimum atomic E-state index is -1.13. The Kier molecular flexibility index (Phi) is 3.96. The quantitative estimate of drug-likeness (QED) is 0.662. The highest BCUT2D eigenvalue weighted by Crippen LogP contribution is 2.21. The van der Waals surface area contributed by atoms with Gasteiger partial charge in [0, 0.05) is 11.9 Å². The van der Waals surface area contributed by atoms with E-state index in [-0.39, 0.29) is 17.2 Å². The van der Waals surface area contributed by atoms with Crippen molar-refractivity contribution in [2.24, 2.45) is 0 Å². The van der Waals surface area contributed by atoms with Crippen LogP contribution in [-0.2, 0) is 0 Å². The molecule has 98 valence electrons. The molecule has 19 heavy (non-hydrogen) atoms. The SMILES string of the molecule is CSc1ncc(C(=O)O)c(Nc2ccc(F)cc2)n1. The van der Waals surface area contributed by atoms with Crippen molar-refractivity contribution >= 4 is 29.2 Å². The Balaban J connectivity index is 2.36. The van der Waals surface area contributed by atoms with Crippen molar-refractivity contribution in [3.63, 3.8) is 0 Å². The highest BCUT2D eigenvalue weighted by atomic mass is 32.2. The minimum absolute atomic E-state index is 0.0397. The van der Waals surface area contributed by atoms with Gasteiger partial charge in [0.2, 0.25) is 0 Å². The van der Waals surface area contributed by atoms with Gasteiger partial charge in [-0.1, -0.05) is 11.8 Å². The predicted molar refractivity (Wildman–Crippen MR) is 70.5 cm³/mol. The number of nitrogens with one attached hydrogen (secondary N) is 1. The highest BCUT2D eigenvalue weighted by molar-refractivity contribution is 7.98. The third-order valence-corrected chi connectivity index (χ3v) is 2.85. The van der Waals surface area contributed by atoms with Crippen LogP contribution in [-0.4, -0.2) is 27.3 Å². The largest absolute Gasteiger partial charge is 0.477 e. The van der Waals surface area contributed by atoms with E-state index in [0.717, 1.165) is 0 Å². The average molecular weight is 279 g/mol. The molecule has 0 saturated heterocycles. The topological polar surface area (TPSA) is 75.1 Å². The third kappa shape index (κ3) is 3.19. The molecule has 1 aromatic carbocycles. The zero-order chi connectivity index (χ0) is 13.8. The van der Waals surface area contributed by atoms with Crippen LogP contribution in [0.3, 0.4) is 0 Å². The van der Waals surface area contributed by atoms with E-state index in [1.165, 1.54) is 42.2 Å². The number of benzene rings is 1. The van der Waals surface area contributed by atoms with Crippen molar-refractivity contribution in [3.05, 3.63) is 41.8 Å². The van der Waals surface area contributed by atoms with Gasteiger partial charge in [-0.2, -0.15) is 0 Å². The fourth-order valence-electron chi connectivity index (χ4n) is 1.39. The van der Waals surface area contributed by atoms with Crippen LogP contribution in [0.5, 0.6) is 0 Å². The molecule has 0 spiro atoms. The summed E-state index contributed by atoms with van der Waals surface area (Å²) in [5, 5.41) is 12.4. The molecule has 2 aromatic rings. The average Bonchev–Trinajstić information content (AvgIpc) is 2.41. The van der Waals surface area contributed by atoms with Gasteiger partial charge in [-0.05, 0) is 30.5 Å². The number of thioether (sulfide) groups is 1. The Morgan fingerprint density at radius 1 is 1.37 bits per heavy atom. The smallest absolute Gasteiger partial charge is 0.341 e. The van der Waals surface area contributed by atoms with Gasteiger partial charge < -0.3 is 10.4 Å². The molecule has 0 unspecified atom stereocenters. The number of carboxylic acid groups (broad SMARTS) is 1. The maximum Gasteiger partial charge on any atom is 0.341 e. The lowest BCUT2D eigenvalue weighted by Gasteiger charge is -2.09. The molecule has 0 bridgehead atoms. The third-order valence-electron chi connectivity index (χ3n) is 2.29. The van der Waals surface area contributed by atoms with E-state index in [0.29, 0.717) is 10.8 Å². The van der Waals surface area contributed by atoms with Gasteiger partial charge in [0.05, 0.1) is 0 Å². The summed E-state index contributed by atoms with van der Waals surface area (Å²) >= 11 is 1.30. The van der Waals surface area contributed by atoms with Gasteiger partial charge in [-0.15, -0.1) is 0 Å². The number of hydrogen-bond acceptors (Lipinski definition) is 5. The predicted octanol–water partition coefficient (Wildman–Crippen LogP) is 2.78. The molecule has 0 aliphatic carbocycles. The molecule has 5 nitrogen and oxygen atoms in total. The number of rotatable bonds is 4. The Hall–Kier alpha value is -2.15. The Morgan fingerprint density at radius 3 is 2.63 bits per heavy atom. The molecule has 0 aliphatic rings. The van der Waals surface area contributed by atoms with Crippen LogP contribution in [0, 0.1) is 5.82 Å². The molecular weight excluding hydrogens is 269 g/mol. The number of aromatic carboxylic acids is 1. The lowest BCUT2D eigenvalue weighted by Crippen LogP contribution is -2.06. The molecule has 0 amide bonds. The molecule has 0 fully saturated rings. The highest BCUT2D eigenvalue weighted by Gasteiger charge is 2.13. The van der Waals surface area contributed by atoms with Crippen LogP contribution in [0.25, 0.3) is 0 Å². The van der Waals surface area contributed by atoms with Crippen molar-refractivity contribution in [2.75, 3.05) is 11.6 Å². The zero-order valence-electron chi connectivity index (χ0n) is 9.92. The van der Waals surface area contributed by atoms with Crippen molar-refractivity contribution in [2.45, 2.75) is 5.16 Å². The fraction of sp³-hybridized carbons (Fsp3) is 0.0833. The molecule has 7 heteroatoms. The number of hydrogen-bond donors (Lipinski definition) is 2. The van der Waals surface area contributed by atoms with Crippen LogP contribution in [0.1, 0.15) is 10.4 Å². The van der Waals surface area contributed by atoms with E-state index in [1.54, 1.807) is 6.26 Å². The lowest BCUT2D eigenvalue weighted by molar-refractivity contribution is 0.0697.